The van der Waals surface area contributed by atoms with E-state index >= 15 is 0 Å². The second-order valence-electron chi connectivity index (χ2n) is 2.89. The van der Waals surface area contributed by atoms with Crippen LogP contribution in [-0.2, 0) is 0 Å². The molecule has 1 aromatic rings. The van der Waals surface area contributed by atoms with Gasteiger partial charge in [-0.1, -0.05) is 6.08 Å². The van der Waals surface area contributed by atoms with Crippen molar-refractivity contribution in [3.05, 3.63) is 47.8 Å². The van der Waals surface area contributed by atoms with E-state index < -0.39 is 29.1 Å². The van der Waals surface area contributed by atoms with Gasteiger partial charge in [0.1, 0.15) is 5.82 Å². The minimum Gasteiger partial charge on any atom is -0.324 e. The highest BCUT2D eigenvalue weighted by Gasteiger charge is 2.18. The summed E-state index contributed by atoms with van der Waals surface area (Å²) in [6.45, 7) is 3.39. The number of halogens is 3. The maximum Gasteiger partial charge on any atom is 0.166 e. The van der Waals surface area contributed by atoms with Crippen molar-refractivity contribution in [2.75, 3.05) is 0 Å². The molecule has 0 aliphatic rings. The maximum atomic E-state index is 13.1. The molecule has 4 heteroatoms. The highest BCUT2D eigenvalue weighted by molar-refractivity contribution is 5.24. The minimum atomic E-state index is -1.22. The van der Waals surface area contributed by atoms with Crippen LogP contribution >= 0.6 is 0 Å². The minimum absolute atomic E-state index is 0.192. The topological polar surface area (TPSA) is 26.0 Å². The normalized spacial score (nSPS) is 12.6. The molecule has 1 nitrogen and oxygen atoms in total. The van der Waals surface area contributed by atoms with Gasteiger partial charge in [0, 0.05) is 11.6 Å². The third-order valence-electron chi connectivity index (χ3n) is 1.87. The second-order valence-corrected chi connectivity index (χ2v) is 2.89. The van der Waals surface area contributed by atoms with Crippen molar-refractivity contribution in [3.63, 3.8) is 0 Å². The van der Waals surface area contributed by atoms with E-state index in [2.05, 4.69) is 6.58 Å². The molecule has 1 rings (SSSR count). The molecule has 0 aromatic heterocycles. The summed E-state index contributed by atoms with van der Waals surface area (Å²) in [5, 5.41) is 0. The molecule has 0 heterocycles. The van der Waals surface area contributed by atoms with Crippen molar-refractivity contribution >= 4 is 0 Å². The van der Waals surface area contributed by atoms with Gasteiger partial charge in [-0.3, -0.25) is 0 Å². The lowest BCUT2D eigenvalue weighted by Gasteiger charge is -2.11. The zero-order valence-corrected chi connectivity index (χ0v) is 7.43. The van der Waals surface area contributed by atoms with Crippen LogP contribution in [0.4, 0.5) is 13.2 Å². The number of rotatable bonds is 3. The predicted octanol–water partition coefficient (Wildman–Crippen LogP) is 2.68. The Bertz CT molecular complexity index is 349. The Labute approximate surface area is 80.0 Å². The highest BCUT2D eigenvalue weighted by atomic mass is 19.2. The molecule has 0 amide bonds. The lowest BCUT2D eigenvalue weighted by atomic mass is 10.0. The Kier molecular flexibility index (Phi) is 3.30. The third-order valence-corrected chi connectivity index (χ3v) is 1.87. The number of nitrogens with two attached hydrogens (primary N) is 1. The van der Waals surface area contributed by atoms with Gasteiger partial charge >= 0.3 is 0 Å². The molecule has 2 N–H and O–H groups in total. The van der Waals surface area contributed by atoms with Crippen LogP contribution < -0.4 is 5.73 Å². The van der Waals surface area contributed by atoms with E-state index in [1.807, 2.05) is 0 Å². The van der Waals surface area contributed by atoms with Gasteiger partial charge in [-0.2, -0.15) is 0 Å². The van der Waals surface area contributed by atoms with Crippen molar-refractivity contribution in [3.8, 4) is 0 Å². The lowest BCUT2D eigenvalue weighted by Crippen LogP contribution is -2.14. The summed E-state index contributed by atoms with van der Waals surface area (Å²) in [6.07, 6.45) is 1.62. The second kappa shape index (κ2) is 4.28. The smallest absolute Gasteiger partial charge is 0.166 e. The van der Waals surface area contributed by atoms with E-state index in [4.69, 9.17) is 5.73 Å². The fourth-order valence-corrected chi connectivity index (χ4v) is 1.18. The van der Waals surface area contributed by atoms with Gasteiger partial charge in [-0.15, -0.1) is 6.58 Å². The Morgan fingerprint density at radius 2 is 1.86 bits per heavy atom. The van der Waals surface area contributed by atoms with Crippen molar-refractivity contribution in [1.82, 2.24) is 0 Å². The van der Waals surface area contributed by atoms with Crippen LogP contribution in [0.2, 0.25) is 0 Å². The Morgan fingerprint density at radius 3 is 2.43 bits per heavy atom. The third kappa shape index (κ3) is 1.96. The predicted molar refractivity (Wildman–Crippen MR) is 48.1 cm³/mol. The summed E-state index contributed by atoms with van der Waals surface area (Å²) in [5.74, 6) is -3.15. The average molecular weight is 201 g/mol. The molecule has 1 aromatic carbocycles. The van der Waals surface area contributed by atoms with Crippen LogP contribution in [-0.4, -0.2) is 0 Å². The fraction of sp³-hybridized carbons (Fsp3) is 0.200. The Balaban J connectivity index is 3.17. The molecule has 0 aliphatic carbocycles. The average Bonchev–Trinajstić information content (AvgIpc) is 2.13. The van der Waals surface area contributed by atoms with Crippen LogP contribution in [0, 0.1) is 17.5 Å². The Hall–Kier alpha value is -1.29. The monoisotopic (exact) mass is 201 g/mol. The molecule has 0 saturated heterocycles. The molecule has 0 spiro atoms. The van der Waals surface area contributed by atoms with E-state index in [0.29, 0.717) is 0 Å². The van der Waals surface area contributed by atoms with Gasteiger partial charge in [0.25, 0.3) is 0 Å². The van der Waals surface area contributed by atoms with E-state index in [0.717, 1.165) is 12.1 Å². The molecule has 0 saturated carbocycles. The number of hydrogen-bond donors (Lipinski definition) is 1. The molecule has 1 atom stereocenters. The zero-order valence-electron chi connectivity index (χ0n) is 7.43. The molecule has 14 heavy (non-hydrogen) atoms. The summed E-state index contributed by atoms with van der Waals surface area (Å²) >= 11 is 0. The summed E-state index contributed by atoms with van der Waals surface area (Å²) in [4.78, 5) is 0. The first-order chi connectivity index (χ1) is 6.57. The van der Waals surface area contributed by atoms with Crippen molar-refractivity contribution in [2.45, 2.75) is 12.5 Å². The van der Waals surface area contributed by atoms with Gasteiger partial charge in [0.15, 0.2) is 11.6 Å². The van der Waals surface area contributed by atoms with Gasteiger partial charge < -0.3 is 5.73 Å². The first-order valence-electron chi connectivity index (χ1n) is 4.07. The van der Waals surface area contributed by atoms with Gasteiger partial charge in [-0.05, 0) is 18.6 Å². The standard InChI is InChI=1S/C10H10F3N/c1-2-3-8(14)9-6(11)4-5-7(12)10(9)13/h2,4-5,8H,1,3,14H2. The van der Waals surface area contributed by atoms with Crippen molar-refractivity contribution in [1.29, 1.82) is 0 Å². The highest BCUT2D eigenvalue weighted by Crippen LogP contribution is 2.23. The molecule has 0 fully saturated rings. The summed E-state index contributed by atoms with van der Waals surface area (Å²) in [7, 11) is 0. The molecule has 1 unspecified atom stereocenters. The number of benzene rings is 1. The first kappa shape index (κ1) is 10.8. The molecular formula is C10H10F3N. The van der Waals surface area contributed by atoms with E-state index in [-0.39, 0.29) is 6.42 Å². The SMILES string of the molecule is C=CCC(N)c1c(F)ccc(F)c1F. The molecular weight excluding hydrogens is 191 g/mol. The molecule has 0 aliphatic heterocycles. The summed E-state index contributed by atoms with van der Waals surface area (Å²) in [5.41, 5.74) is 5.03. The summed E-state index contributed by atoms with van der Waals surface area (Å²) in [6, 6.07) is 0.689. The van der Waals surface area contributed by atoms with E-state index in [1.54, 1.807) is 0 Å². The van der Waals surface area contributed by atoms with Crippen LogP contribution in [0.1, 0.15) is 18.0 Å². The maximum absolute atomic E-state index is 13.1. The largest absolute Gasteiger partial charge is 0.324 e. The van der Waals surface area contributed by atoms with E-state index in [9.17, 15) is 13.2 Å². The Morgan fingerprint density at radius 1 is 1.29 bits per heavy atom. The zero-order chi connectivity index (χ0) is 10.7. The molecule has 0 bridgehead atoms. The van der Waals surface area contributed by atoms with Crippen molar-refractivity contribution in [2.24, 2.45) is 5.73 Å². The quantitative estimate of drug-likeness (QED) is 0.590. The number of hydrogen-bond acceptors (Lipinski definition) is 1. The van der Waals surface area contributed by atoms with E-state index in [1.165, 1.54) is 6.08 Å². The van der Waals surface area contributed by atoms with Gasteiger partial charge in [0.05, 0.1) is 0 Å². The van der Waals surface area contributed by atoms with Gasteiger partial charge in [0.2, 0.25) is 0 Å². The molecule has 0 radical (unpaired) electrons. The lowest BCUT2D eigenvalue weighted by molar-refractivity contribution is 0.465. The van der Waals surface area contributed by atoms with Crippen LogP contribution in [0.3, 0.4) is 0 Å². The fourth-order valence-electron chi connectivity index (χ4n) is 1.18. The van der Waals surface area contributed by atoms with Crippen LogP contribution in [0.5, 0.6) is 0 Å². The van der Waals surface area contributed by atoms with Crippen molar-refractivity contribution < 1.29 is 13.2 Å². The van der Waals surface area contributed by atoms with Crippen LogP contribution in [0.25, 0.3) is 0 Å². The summed E-state index contributed by atoms with van der Waals surface area (Å²) < 4.78 is 38.9. The van der Waals surface area contributed by atoms with Gasteiger partial charge in [-0.25, -0.2) is 13.2 Å². The first-order valence-corrected chi connectivity index (χ1v) is 4.07. The molecule has 76 valence electrons. The van der Waals surface area contributed by atoms with Crippen LogP contribution in [0.15, 0.2) is 24.8 Å².